The second-order valence-electron chi connectivity index (χ2n) is 9.11. The average molecular weight is 645 g/mol. The van der Waals surface area contributed by atoms with Crippen LogP contribution in [0, 0.1) is 11.8 Å². The van der Waals surface area contributed by atoms with Gasteiger partial charge in [0.2, 0.25) is 0 Å². The molecule has 4 rings (SSSR count). The number of carboxylic acids is 1. The zero-order chi connectivity index (χ0) is 31.8. The number of hydrogen-bond acceptors (Lipinski definition) is 6. The van der Waals surface area contributed by atoms with E-state index >= 15 is 0 Å². The largest absolute Gasteiger partial charge is 0.743 e. The Morgan fingerprint density at radius 1 is 0.767 bits per heavy atom. The number of carbonyl (C=O) groups is 2. The van der Waals surface area contributed by atoms with E-state index in [9.17, 15) is 44.5 Å². The second kappa shape index (κ2) is 14.1. The molecule has 1 N–H and O–H groups in total. The van der Waals surface area contributed by atoms with E-state index in [2.05, 4.69) is 95.7 Å². The lowest BCUT2D eigenvalue weighted by Gasteiger charge is -2.32. The van der Waals surface area contributed by atoms with Gasteiger partial charge in [0.1, 0.15) is 0 Å². The summed E-state index contributed by atoms with van der Waals surface area (Å²) in [4.78, 5) is 26.7. The Hall–Kier alpha value is -3.75. The van der Waals surface area contributed by atoms with Crippen molar-refractivity contribution in [1.29, 1.82) is 0 Å². The predicted octanol–water partition coefficient (Wildman–Crippen LogP) is 6.05. The third kappa shape index (κ3) is 8.65. The summed E-state index contributed by atoms with van der Waals surface area (Å²) in [6, 6.07) is 32.2. The molecule has 3 aromatic rings. The van der Waals surface area contributed by atoms with Gasteiger partial charge in [0.15, 0.2) is 24.8 Å². The Bertz CT molecular complexity index is 1410. The first-order valence-electron chi connectivity index (χ1n) is 12.5. The van der Waals surface area contributed by atoms with Crippen molar-refractivity contribution in [2.24, 2.45) is 11.8 Å². The van der Waals surface area contributed by atoms with Crippen LogP contribution >= 0.6 is 0 Å². The molecule has 0 heterocycles. The Balaban J connectivity index is 0.000000241. The first kappa shape index (κ1) is 33.7. The highest BCUT2D eigenvalue weighted by Crippen LogP contribution is 2.39. The van der Waals surface area contributed by atoms with Gasteiger partial charge in [-0.1, -0.05) is 66.7 Å². The van der Waals surface area contributed by atoms with E-state index in [0.29, 0.717) is 0 Å². The van der Waals surface area contributed by atoms with Crippen LogP contribution in [0.25, 0.3) is 0 Å². The molecule has 230 valence electrons. The molecule has 0 aliphatic heterocycles. The molecule has 0 spiro atoms. The van der Waals surface area contributed by atoms with Gasteiger partial charge in [-0.15, -0.1) is 0 Å². The number of rotatable bonds is 8. The van der Waals surface area contributed by atoms with E-state index in [1.54, 1.807) is 0 Å². The maximum Gasteiger partial charge on any atom is 0.432 e. The summed E-state index contributed by atoms with van der Waals surface area (Å²) in [5.41, 5.74) is 0. The standard InChI is InChI=1S/C18H15S.C11H11F5O7S/c1-4-10-16(11-5-1)19(17-12-6-2-7-13-17)18-14-8-3-9-15-18;12-10(13,14)9(11(15,16)24(20,21)22)23-8(19)6-4-2-1-3-5(6)7(17)18/h1-15H;1-2,5-6,9H,3-4H2,(H,17,18)(H,20,21,22)/q+1;/p-1. The van der Waals surface area contributed by atoms with E-state index < -0.39 is 57.8 Å². The summed E-state index contributed by atoms with van der Waals surface area (Å²) >= 11 is 0. The molecule has 1 aliphatic rings. The third-order valence-corrected chi connectivity index (χ3v) is 9.27. The molecule has 0 radical (unpaired) electrons. The summed E-state index contributed by atoms with van der Waals surface area (Å²) in [5.74, 6) is -6.83. The SMILES string of the molecule is O=C(O)C1CC=CCC1C(=O)OC(C(F)(F)F)C(F)(F)S(=O)(=O)[O-].c1ccc([S+](c2ccccc2)c2ccccc2)cc1. The Morgan fingerprint density at radius 2 is 1.14 bits per heavy atom. The summed E-state index contributed by atoms with van der Waals surface area (Å²) in [6.07, 6.45) is -8.73. The van der Waals surface area contributed by atoms with E-state index in [0.717, 1.165) is 0 Å². The van der Waals surface area contributed by atoms with Gasteiger partial charge in [-0.3, -0.25) is 9.59 Å². The van der Waals surface area contributed by atoms with Crippen LogP contribution in [-0.4, -0.2) is 47.6 Å². The fourth-order valence-electron chi connectivity index (χ4n) is 4.09. The zero-order valence-electron chi connectivity index (χ0n) is 22.1. The van der Waals surface area contributed by atoms with E-state index in [1.807, 2.05) is 0 Å². The smallest absolute Gasteiger partial charge is 0.432 e. The highest BCUT2D eigenvalue weighted by atomic mass is 32.2. The van der Waals surface area contributed by atoms with E-state index in [4.69, 9.17) is 5.11 Å². The molecule has 1 aliphatic carbocycles. The van der Waals surface area contributed by atoms with Crippen molar-refractivity contribution in [2.75, 3.05) is 0 Å². The number of alkyl halides is 5. The van der Waals surface area contributed by atoms with Crippen molar-refractivity contribution in [3.8, 4) is 0 Å². The number of aliphatic carboxylic acids is 1. The molecule has 0 aromatic heterocycles. The minimum atomic E-state index is -6.80. The highest BCUT2D eigenvalue weighted by Gasteiger charge is 2.63. The van der Waals surface area contributed by atoms with Gasteiger partial charge in [-0.2, -0.15) is 22.0 Å². The quantitative estimate of drug-likeness (QED) is 0.104. The Labute approximate surface area is 247 Å². The van der Waals surface area contributed by atoms with Crippen molar-refractivity contribution in [3.63, 3.8) is 0 Å². The molecule has 0 saturated carbocycles. The van der Waals surface area contributed by atoms with Crippen LogP contribution < -0.4 is 0 Å². The van der Waals surface area contributed by atoms with Crippen LogP contribution in [0.15, 0.2) is 118 Å². The molecule has 0 fully saturated rings. The first-order chi connectivity index (χ1) is 20.1. The van der Waals surface area contributed by atoms with Crippen LogP contribution in [0.5, 0.6) is 0 Å². The lowest BCUT2D eigenvalue weighted by molar-refractivity contribution is -0.261. The third-order valence-electron chi connectivity index (χ3n) is 6.16. The minimum absolute atomic E-state index is 0.0146. The fraction of sp³-hybridized carbons (Fsp3) is 0.241. The zero-order valence-corrected chi connectivity index (χ0v) is 23.7. The second-order valence-corrected chi connectivity index (χ2v) is 12.6. The van der Waals surface area contributed by atoms with Crippen LogP contribution in [0.4, 0.5) is 22.0 Å². The lowest BCUT2D eigenvalue weighted by atomic mass is 9.83. The van der Waals surface area contributed by atoms with E-state index in [-0.39, 0.29) is 17.3 Å². The molecular weight excluding hydrogens is 619 g/mol. The predicted molar refractivity (Wildman–Crippen MR) is 145 cm³/mol. The number of carbonyl (C=O) groups excluding carboxylic acids is 1. The number of halogens is 5. The van der Waals surface area contributed by atoms with Crippen molar-refractivity contribution in [2.45, 2.75) is 45.1 Å². The number of ether oxygens (including phenoxy) is 1. The normalized spacial score (nSPS) is 17.8. The topological polar surface area (TPSA) is 121 Å². The maximum absolute atomic E-state index is 13.2. The number of benzene rings is 3. The molecule has 7 nitrogen and oxygen atoms in total. The average Bonchev–Trinajstić information content (AvgIpc) is 2.96. The highest BCUT2D eigenvalue weighted by molar-refractivity contribution is 7.97. The van der Waals surface area contributed by atoms with Crippen molar-refractivity contribution >= 4 is 33.0 Å². The molecule has 0 saturated heterocycles. The van der Waals surface area contributed by atoms with Gasteiger partial charge >= 0.3 is 23.4 Å². The molecule has 0 bridgehead atoms. The van der Waals surface area contributed by atoms with Crippen molar-refractivity contribution in [3.05, 3.63) is 103 Å². The fourth-order valence-corrected chi connectivity index (χ4v) is 6.63. The molecule has 3 unspecified atom stereocenters. The lowest BCUT2D eigenvalue weighted by Crippen LogP contribution is -2.53. The number of carboxylic acid groups (broad SMARTS) is 1. The molecule has 0 amide bonds. The number of allylic oxidation sites excluding steroid dienone is 2. The maximum atomic E-state index is 13.2. The van der Waals surface area contributed by atoms with Crippen LogP contribution in [0.1, 0.15) is 12.8 Å². The molecule has 3 atom stereocenters. The molecule has 43 heavy (non-hydrogen) atoms. The van der Waals surface area contributed by atoms with Crippen LogP contribution in [-0.2, 0) is 35.3 Å². The first-order valence-corrected chi connectivity index (χ1v) is 15.2. The van der Waals surface area contributed by atoms with E-state index in [1.165, 1.54) is 26.8 Å². The Morgan fingerprint density at radius 3 is 1.47 bits per heavy atom. The van der Waals surface area contributed by atoms with Gasteiger partial charge in [0.05, 0.1) is 22.7 Å². The summed E-state index contributed by atoms with van der Waals surface area (Å²) in [6.45, 7) is 0. The van der Waals surface area contributed by atoms with Gasteiger partial charge in [0.25, 0.3) is 6.10 Å². The van der Waals surface area contributed by atoms with Gasteiger partial charge < -0.3 is 14.4 Å². The summed E-state index contributed by atoms with van der Waals surface area (Å²) < 4.78 is 99.1. The molecular formula is C29H25F5O7S2. The summed E-state index contributed by atoms with van der Waals surface area (Å²) in [5, 5.41) is 2.91. The van der Waals surface area contributed by atoms with Gasteiger partial charge in [-0.05, 0) is 49.2 Å². The number of hydrogen-bond donors (Lipinski definition) is 1. The molecule has 3 aromatic carbocycles. The van der Waals surface area contributed by atoms with Gasteiger partial charge in [-0.25, -0.2) is 8.42 Å². The van der Waals surface area contributed by atoms with Crippen molar-refractivity contribution in [1.82, 2.24) is 0 Å². The molecule has 14 heteroatoms. The minimum Gasteiger partial charge on any atom is -0.743 e. The monoisotopic (exact) mass is 644 g/mol. The summed E-state index contributed by atoms with van der Waals surface area (Å²) in [7, 11) is -6.82. The van der Waals surface area contributed by atoms with Crippen LogP contribution in [0.2, 0.25) is 0 Å². The van der Waals surface area contributed by atoms with Crippen LogP contribution in [0.3, 0.4) is 0 Å². The Kier molecular flexibility index (Phi) is 11.1. The van der Waals surface area contributed by atoms with Gasteiger partial charge in [0, 0.05) is 0 Å². The number of esters is 1. The van der Waals surface area contributed by atoms with Crippen molar-refractivity contribution < 1.29 is 54.4 Å².